The molecule has 0 aliphatic heterocycles. The lowest BCUT2D eigenvalue weighted by atomic mass is 10.3. The maximum absolute atomic E-state index is 10.8. The third-order valence-electron chi connectivity index (χ3n) is 2.28. The first-order chi connectivity index (χ1) is 8.68. The summed E-state index contributed by atoms with van der Waals surface area (Å²) in [5, 5.41) is 11.1. The van der Waals surface area contributed by atoms with Crippen LogP contribution in [-0.4, -0.2) is 9.91 Å². The Morgan fingerprint density at radius 2 is 2.06 bits per heavy atom. The molecule has 2 aromatic rings. The highest BCUT2D eigenvalue weighted by Crippen LogP contribution is 2.27. The van der Waals surface area contributed by atoms with Gasteiger partial charge in [-0.2, -0.15) is 0 Å². The molecule has 1 aromatic heterocycles. The average Bonchev–Trinajstić information content (AvgIpc) is 2.38. The Hall–Kier alpha value is -2.14. The van der Waals surface area contributed by atoms with Crippen LogP contribution in [0.2, 0.25) is 5.15 Å². The van der Waals surface area contributed by atoms with Crippen LogP contribution in [0.4, 0.5) is 5.69 Å². The van der Waals surface area contributed by atoms with Crippen molar-refractivity contribution >= 4 is 17.3 Å². The second kappa shape index (κ2) is 5.46. The molecule has 0 spiro atoms. The van der Waals surface area contributed by atoms with Gasteiger partial charge in [-0.15, -0.1) is 0 Å². The summed E-state index contributed by atoms with van der Waals surface area (Å²) in [6.07, 6.45) is 1.57. The van der Waals surface area contributed by atoms with Crippen molar-refractivity contribution in [3.8, 4) is 5.75 Å². The number of nitro groups is 1. The molecule has 0 saturated heterocycles. The SMILES string of the molecule is O=[N+]([O-])c1ccccc1OCc1cccnc1Cl. The number of rotatable bonds is 4. The number of aromatic nitrogens is 1. The number of nitro benzene ring substituents is 1. The van der Waals surface area contributed by atoms with Gasteiger partial charge in [-0.05, 0) is 12.1 Å². The zero-order valence-corrected chi connectivity index (χ0v) is 10.0. The van der Waals surface area contributed by atoms with Gasteiger partial charge in [0.15, 0.2) is 5.75 Å². The molecule has 1 aromatic carbocycles. The van der Waals surface area contributed by atoms with Gasteiger partial charge in [0.05, 0.1) is 4.92 Å². The van der Waals surface area contributed by atoms with E-state index in [2.05, 4.69) is 4.98 Å². The van der Waals surface area contributed by atoms with Crippen LogP contribution in [0.15, 0.2) is 42.6 Å². The molecular weight excluding hydrogens is 256 g/mol. The molecule has 0 N–H and O–H groups in total. The molecule has 0 unspecified atom stereocenters. The zero-order valence-electron chi connectivity index (χ0n) is 9.25. The standard InChI is InChI=1S/C12H9ClN2O3/c13-12-9(4-3-7-14-12)8-18-11-6-2-1-5-10(11)15(16)17/h1-7H,8H2. The summed E-state index contributed by atoms with van der Waals surface area (Å²) in [6, 6.07) is 9.67. The number of hydrogen-bond donors (Lipinski definition) is 0. The van der Waals surface area contributed by atoms with Crippen LogP contribution in [0.25, 0.3) is 0 Å². The van der Waals surface area contributed by atoms with Gasteiger partial charge in [0, 0.05) is 17.8 Å². The van der Waals surface area contributed by atoms with E-state index in [1.165, 1.54) is 6.07 Å². The third kappa shape index (κ3) is 2.75. The molecule has 18 heavy (non-hydrogen) atoms. The van der Waals surface area contributed by atoms with Crippen LogP contribution in [0.5, 0.6) is 5.75 Å². The van der Waals surface area contributed by atoms with Crippen molar-refractivity contribution in [3.63, 3.8) is 0 Å². The van der Waals surface area contributed by atoms with Crippen molar-refractivity contribution in [1.82, 2.24) is 4.98 Å². The summed E-state index contributed by atoms with van der Waals surface area (Å²) in [6.45, 7) is 0.136. The molecule has 0 aliphatic rings. The number of halogens is 1. The van der Waals surface area contributed by atoms with Gasteiger partial charge in [-0.25, -0.2) is 4.98 Å². The minimum Gasteiger partial charge on any atom is -0.482 e. The van der Waals surface area contributed by atoms with E-state index in [0.29, 0.717) is 10.7 Å². The maximum atomic E-state index is 10.8. The molecule has 0 atom stereocenters. The minimum atomic E-state index is -0.486. The predicted octanol–water partition coefficient (Wildman–Crippen LogP) is 3.22. The summed E-state index contributed by atoms with van der Waals surface area (Å²) in [5.74, 6) is 0.211. The lowest BCUT2D eigenvalue weighted by Crippen LogP contribution is -2.00. The van der Waals surface area contributed by atoms with Gasteiger partial charge in [-0.1, -0.05) is 29.8 Å². The molecule has 0 amide bonds. The molecular formula is C12H9ClN2O3. The lowest BCUT2D eigenvalue weighted by Gasteiger charge is -2.07. The second-order valence-corrected chi connectivity index (χ2v) is 3.82. The molecule has 0 aliphatic carbocycles. The highest BCUT2D eigenvalue weighted by molar-refractivity contribution is 6.30. The van der Waals surface area contributed by atoms with Gasteiger partial charge >= 0.3 is 5.69 Å². The summed E-state index contributed by atoms with van der Waals surface area (Å²) in [5.41, 5.74) is 0.606. The minimum absolute atomic E-state index is 0.0717. The molecule has 6 heteroatoms. The molecule has 5 nitrogen and oxygen atoms in total. The number of hydrogen-bond acceptors (Lipinski definition) is 4. The first-order valence-corrected chi connectivity index (χ1v) is 5.52. The summed E-state index contributed by atoms with van der Waals surface area (Å²) in [4.78, 5) is 14.2. The number of nitrogens with zero attached hydrogens (tertiary/aromatic N) is 2. The maximum Gasteiger partial charge on any atom is 0.310 e. The Labute approximate surface area is 108 Å². The molecule has 1 heterocycles. The lowest BCUT2D eigenvalue weighted by molar-refractivity contribution is -0.385. The second-order valence-electron chi connectivity index (χ2n) is 3.47. The Morgan fingerprint density at radius 3 is 2.78 bits per heavy atom. The van der Waals surface area contributed by atoms with Crippen molar-refractivity contribution in [2.75, 3.05) is 0 Å². The highest BCUT2D eigenvalue weighted by atomic mass is 35.5. The van der Waals surface area contributed by atoms with Gasteiger partial charge in [0.25, 0.3) is 0 Å². The molecule has 2 rings (SSSR count). The van der Waals surface area contributed by atoms with E-state index in [1.54, 1.807) is 36.5 Å². The first kappa shape index (κ1) is 12.3. The Balaban J connectivity index is 2.16. The monoisotopic (exact) mass is 264 g/mol. The highest BCUT2D eigenvalue weighted by Gasteiger charge is 2.14. The van der Waals surface area contributed by atoms with Gasteiger partial charge in [0.1, 0.15) is 11.8 Å². The van der Waals surface area contributed by atoms with Crippen molar-refractivity contribution in [1.29, 1.82) is 0 Å². The van der Waals surface area contributed by atoms with Crippen LogP contribution in [-0.2, 0) is 6.61 Å². The molecule has 0 radical (unpaired) electrons. The fraction of sp³-hybridized carbons (Fsp3) is 0.0833. The predicted molar refractivity (Wildman–Crippen MR) is 66.7 cm³/mol. The molecule has 0 bridgehead atoms. The van der Waals surface area contributed by atoms with Crippen LogP contribution in [0.3, 0.4) is 0 Å². The van der Waals surface area contributed by atoms with Crippen molar-refractivity contribution in [2.45, 2.75) is 6.61 Å². The topological polar surface area (TPSA) is 65.3 Å². The van der Waals surface area contributed by atoms with Gasteiger partial charge < -0.3 is 4.74 Å². The van der Waals surface area contributed by atoms with E-state index >= 15 is 0 Å². The van der Waals surface area contributed by atoms with Crippen LogP contribution < -0.4 is 4.74 Å². The quantitative estimate of drug-likeness (QED) is 0.483. The Bertz CT molecular complexity index is 575. The van der Waals surface area contributed by atoms with E-state index in [1.807, 2.05) is 0 Å². The summed E-state index contributed by atoms with van der Waals surface area (Å²) in [7, 11) is 0. The smallest absolute Gasteiger partial charge is 0.310 e. The van der Waals surface area contributed by atoms with Crippen molar-refractivity contribution in [3.05, 3.63) is 63.4 Å². The largest absolute Gasteiger partial charge is 0.482 e. The van der Waals surface area contributed by atoms with Crippen LogP contribution in [0.1, 0.15) is 5.56 Å². The van der Waals surface area contributed by atoms with Gasteiger partial charge in [0.2, 0.25) is 0 Å². The normalized spacial score (nSPS) is 10.1. The van der Waals surface area contributed by atoms with E-state index in [0.717, 1.165) is 0 Å². The zero-order chi connectivity index (χ0) is 13.0. The molecule has 0 saturated carbocycles. The van der Waals surface area contributed by atoms with Crippen molar-refractivity contribution in [2.24, 2.45) is 0 Å². The van der Waals surface area contributed by atoms with E-state index in [4.69, 9.17) is 16.3 Å². The Kier molecular flexibility index (Phi) is 3.74. The first-order valence-electron chi connectivity index (χ1n) is 5.14. The van der Waals surface area contributed by atoms with Crippen molar-refractivity contribution < 1.29 is 9.66 Å². The van der Waals surface area contributed by atoms with E-state index in [-0.39, 0.29) is 18.0 Å². The number of benzene rings is 1. The van der Waals surface area contributed by atoms with E-state index < -0.39 is 4.92 Å². The number of pyridine rings is 1. The number of para-hydroxylation sites is 2. The fourth-order valence-electron chi connectivity index (χ4n) is 1.41. The van der Waals surface area contributed by atoms with Crippen LogP contribution in [0, 0.1) is 10.1 Å². The Morgan fingerprint density at radius 1 is 1.28 bits per heavy atom. The molecule has 0 fully saturated rings. The number of ether oxygens (including phenoxy) is 1. The summed E-state index contributed by atoms with van der Waals surface area (Å²) >= 11 is 5.87. The summed E-state index contributed by atoms with van der Waals surface area (Å²) < 4.78 is 5.40. The average molecular weight is 265 g/mol. The van der Waals surface area contributed by atoms with E-state index in [9.17, 15) is 10.1 Å². The molecule has 92 valence electrons. The third-order valence-corrected chi connectivity index (χ3v) is 2.62. The fourth-order valence-corrected chi connectivity index (χ4v) is 1.59. The van der Waals surface area contributed by atoms with Crippen LogP contribution >= 0.6 is 11.6 Å². The van der Waals surface area contributed by atoms with Gasteiger partial charge in [-0.3, -0.25) is 10.1 Å².